The minimum Gasteiger partial charge on any atom is -0.479 e. The summed E-state index contributed by atoms with van der Waals surface area (Å²) in [7, 11) is 0. The lowest BCUT2D eigenvalue weighted by molar-refractivity contribution is -0.142. The Balaban J connectivity index is 2.03. The number of carboxylic acid groups (broad SMARTS) is 1. The van der Waals surface area contributed by atoms with Gasteiger partial charge in [-0.15, -0.1) is 0 Å². The van der Waals surface area contributed by atoms with Crippen LogP contribution in [0.15, 0.2) is 72.8 Å². The van der Waals surface area contributed by atoms with Gasteiger partial charge in [0.2, 0.25) is 0 Å². The molecule has 160 valence electrons. The van der Waals surface area contributed by atoms with Gasteiger partial charge in [0.1, 0.15) is 17.3 Å². The lowest BCUT2D eigenvalue weighted by Crippen LogP contribution is -2.43. The van der Waals surface area contributed by atoms with Crippen LogP contribution in [0.2, 0.25) is 0 Å². The standard InChI is InChI=1S/C25H27N3O3/c1-3-17-14-19(16-22(15-17)31-21-8-6-5-7-9-21)25(4-2,24(29)30)28-20-12-10-18(11-13-20)23(26)27/h5-16,28H,3-4H2,1-2H3,(H3,26,27)(H,29,30). The molecule has 0 heterocycles. The fourth-order valence-electron chi connectivity index (χ4n) is 3.47. The molecular weight excluding hydrogens is 390 g/mol. The highest BCUT2D eigenvalue weighted by Crippen LogP contribution is 2.35. The molecular formula is C25H27N3O3. The van der Waals surface area contributed by atoms with E-state index in [4.69, 9.17) is 15.9 Å². The molecule has 0 radical (unpaired) electrons. The van der Waals surface area contributed by atoms with Gasteiger partial charge in [0.15, 0.2) is 5.54 Å². The molecule has 0 aliphatic rings. The molecule has 3 aromatic rings. The molecule has 6 nitrogen and oxygen atoms in total. The number of hydrogen-bond donors (Lipinski definition) is 4. The SMILES string of the molecule is CCc1cc(Oc2ccccc2)cc(C(CC)(Nc2ccc(C(=N)N)cc2)C(=O)O)c1. The summed E-state index contributed by atoms with van der Waals surface area (Å²) in [6.07, 6.45) is 1.06. The summed E-state index contributed by atoms with van der Waals surface area (Å²) in [5.74, 6) is 0.259. The van der Waals surface area contributed by atoms with Crippen molar-refractivity contribution in [2.24, 2.45) is 5.73 Å². The monoisotopic (exact) mass is 417 g/mol. The summed E-state index contributed by atoms with van der Waals surface area (Å²) >= 11 is 0. The number of hydrogen-bond acceptors (Lipinski definition) is 4. The van der Waals surface area contributed by atoms with Crippen LogP contribution in [0.5, 0.6) is 11.5 Å². The van der Waals surface area contributed by atoms with Crippen molar-refractivity contribution in [2.45, 2.75) is 32.2 Å². The molecule has 0 amide bonds. The predicted molar refractivity (Wildman–Crippen MR) is 123 cm³/mol. The van der Waals surface area contributed by atoms with Crippen LogP contribution in [0, 0.1) is 5.41 Å². The van der Waals surface area contributed by atoms with Crippen LogP contribution >= 0.6 is 0 Å². The third-order valence-corrected chi connectivity index (χ3v) is 5.30. The molecule has 3 rings (SSSR count). The second-order valence-electron chi connectivity index (χ2n) is 7.31. The summed E-state index contributed by atoms with van der Waals surface area (Å²) in [5.41, 5.74) is 6.98. The minimum absolute atomic E-state index is 0.0371. The van der Waals surface area contributed by atoms with Crippen LogP contribution in [0.4, 0.5) is 5.69 Å². The maximum absolute atomic E-state index is 12.5. The smallest absolute Gasteiger partial charge is 0.334 e. The van der Waals surface area contributed by atoms with Crippen molar-refractivity contribution in [1.82, 2.24) is 0 Å². The van der Waals surface area contributed by atoms with E-state index in [-0.39, 0.29) is 5.84 Å². The van der Waals surface area contributed by atoms with Gasteiger partial charge in [0.25, 0.3) is 0 Å². The van der Waals surface area contributed by atoms with Crippen LogP contribution in [-0.2, 0) is 16.8 Å². The van der Waals surface area contributed by atoms with E-state index in [2.05, 4.69) is 5.32 Å². The van der Waals surface area contributed by atoms with E-state index in [0.29, 0.717) is 34.7 Å². The van der Waals surface area contributed by atoms with Gasteiger partial charge in [-0.05, 0) is 72.5 Å². The molecule has 0 fully saturated rings. The van der Waals surface area contributed by atoms with Crippen molar-refractivity contribution < 1.29 is 14.6 Å². The highest BCUT2D eigenvalue weighted by molar-refractivity contribution is 5.95. The number of amidine groups is 1. The number of nitrogens with one attached hydrogen (secondary N) is 2. The van der Waals surface area contributed by atoms with E-state index >= 15 is 0 Å². The highest BCUT2D eigenvalue weighted by Gasteiger charge is 2.39. The first-order chi connectivity index (χ1) is 14.9. The average molecular weight is 418 g/mol. The number of benzene rings is 3. The highest BCUT2D eigenvalue weighted by atomic mass is 16.5. The van der Waals surface area contributed by atoms with E-state index in [9.17, 15) is 9.90 Å². The molecule has 0 aromatic heterocycles. The quantitative estimate of drug-likeness (QED) is 0.285. The molecule has 0 spiro atoms. The zero-order chi connectivity index (χ0) is 22.4. The maximum atomic E-state index is 12.5. The van der Waals surface area contributed by atoms with Gasteiger partial charge < -0.3 is 20.9 Å². The Morgan fingerprint density at radius 2 is 1.71 bits per heavy atom. The Morgan fingerprint density at radius 3 is 2.26 bits per heavy atom. The number of nitrogens with two attached hydrogens (primary N) is 1. The largest absolute Gasteiger partial charge is 0.479 e. The fourth-order valence-corrected chi connectivity index (χ4v) is 3.47. The molecule has 1 atom stereocenters. The summed E-state index contributed by atoms with van der Waals surface area (Å²) in [4.78, 5) is 12.5. The summed E-state index contributed by atoms with van der Waals surface area (Å²) in [6, 6.07) is 21.9. The number of nitrogen functional groups attached to an aromatic ring is 1. The van der Waals surface area contributed by atoms with E-state index in [1.807, 2.05) is 56.3 Å². The number of para-hydroxylation sites is 1. The van der Waals surface area contributed by atoms with Crippen LogP contribution in [0.3, 0.4) is 0 Å². The van der Waals surface area contributed by atoms with Gasteiger partial charge in [0, 0.05) is 11.3 Å². The number of anilines is 1. The van der Waals surface area contributed by atoms with Gasteiger partial charge in [0.05, 0.1) is 0 Å². The van der Waals surface area contributed by atoms with Crippen LogP contribution in [0.1, 0.15) is 37.0 Å². The maximum Gasteiger partial charge on any atom is 0.334 e. The Bertz CT molecular complexity index is 1070. The fraction of sp³-hybridized carbons (Fsp3) is 0.200. The first kappa shape index (κ1) is 21.9. The third-order valence-electron chi connectivity index (χ3n) is 5.30. The second kappa shape index (κ2) is 9.34. The predicted octanol–water partition coefficient (Wildman–Crippen LogP) is 5.13. The molecule has 0 saturated carbocycles. The molecule has 3 aromatic carbocycles. The molecule has 0 bridgehead atoms. The Kier molecular flexibility index (Phi) is 6.60. The normalized spacial score (nSPS) is 12.6. The van der Waals surface area contributed by atoms with E-state index in [0.717, 1.165) is 12.0 Å². The molecule has 5 N–H and O–H groups in total. The van der Waals surface area contributed by atoms with Crippen LogP contribution < -0.4 is 15.8 Å². The number of carboxylic acids is 1. The van der Waals surface area contributed by atoms with Crippen molar-refractivity contribution in [1.29, 1.82) is 5.41 Å². The average Bonchev–Trinajstić information content (AvgIpc) is 2.78. The Labute approximate surface area is 182 Å². The summed E-state index contributed by atoms with van der Waals surface area (Å²) in [5, 5.41) is 21.0. The van der Waals surface area contributed by atoms with Gasteiger partial charge in [-0.3, -0.25) is 5.41 Å². The molecule has 6 heteroatoms. The summed E-state index contributed by atoms with van der Waals surface area (Å²) < 4.78 is 6.02. The van der Waals surface area contributed by atoms with Crippen LogP contribution in [0.25, 0.3) is 0 Å². The minimum atomic E-state index is -1.35. The van der Waals surface area contributed by atoms with E-state index in [1.54, 1.807) is 30.3 Å². The van der Waals surface area contributed by atoms with Crippen molar-refractivity contribution in [3.05, 3.63) is 89.5 Å². The molecule has 0 saturated heterocycles. The number of aryl methyl sites for hydroxylation is 1. The van der Waals surface area contributed by atoms with Gasteiger partial charge >= 0.3 is 5.97 Å². The number of ether oxygens (including phenoxy) is 1. The third kappa shape index (κ3) is 4.86. The summed E-state index contributed by atoms with van der Waals surface area (Å²) in [6.45, 7) is 3.86. The topological polar surface area (TPSA) is 108 Å². The van der Waals surface area contributed by atoms with Crippen LogP contribution in [-0.4, -0.2) is 16.9 Å². The number of aliphatic carboxylic acids is 1. The van der Waals surface area contributed by atoms with Gasteiger partial charge in [-0.2, -0.15) is 0 Å². The van der Waals surface area contributed by atoms with Crippen molar-refractivity contribution >= 4 is 17.5 Å². The molecule has 1 unspecified atom stereocenters. The first-order valence-corrected chi connectivity index (χ1v) is 10.2. The van der Waals surface area contributed by atoms with Crippen molar-refractivity contribution in [3.63, 3.8) is 0 Å². The Morgan fingerprint density at radius 1 is 1.03 bits per heavy atom. The lowest BCUT2D eigenvalue weighted by atomic mass is 9.85. The number of carbonyl (C=O) groups is 1. The molecule has 0 aliphatic heterocycles. The first-order valence-electron chi connectivity index (χ1n) is 10.2. The number of rotatable bonds is 9. The van der Waals surface area contributed by atoms with E-state index in [1.165, 1.54) is 0 Å². The zero-order valence-corrected chi connectivity index (χ0v) is 17.7. The van der Waals surface area contributed by atoms with E-state index < -0.39 is 11.5 Å². The lowest BCUT2D eigenvalue weighted by Gasteiger charge is -2.32. The van der Waals surface area contributed by atoms with Gasteiger partial charge in [-0.1, -0.05) is 38.1 Å². The Hall–Kier alpha value is -3.80. The van der Waals surface area contributed by atoms with Gasteiger partial charge in [-0.25, -0.2) is 4.79 Å². The second-order valence-corrected chi connectivity index (χ2v) is 7.31. The zero-order valence-electron chi connectivity index (χ0n) is 17.7. The molecule has 31 heavy (non-hydrogen) atoms. The van der Waals surface area contributed by atoms with Crippen molar-refractivity contribution in [3.8, 4) is 11.5 Å². The molecule has 0 aliphatic carbocycles. The van der Waals surface area contributed by atoms with Crippen molar-refractivity contribution in [2.75, 3.05) is 5.32 Å².